The third kappa shape index (κ3) is 4.21. The lowest BCUT2D eigenvalue weighted by Gasteiger charge is -2.38. The van der Waals surface area contributed by atoms with E-state index in [1.54, 1.807) is 0 Å². The molecule has 134 valence electrons. The summed E-state index contributed by atoms with van der Waals surface area (Å²) >= 11 is 0. The Balaban J connectivity index is 2.49. The molecule has 0 heterocycles. The van der Waals surface area contributed by atoms with E-state index in [1.165, 1.54) is 10.8 Å². The molecule has 1 amide bonds. The minimum Gasteiger partial charge on any atom is -0.343 e. The molecule has 0 fully saturated rings. The Morgan fingerprint density at radius 2 is 1.40 bits per heavy atom. The molecule has 2 nitrogen and oxygen atoms in total. The van der Waals surface area contributed by atoms with Crippen molar-refractivity contribution < 1.29 is 4.79 Å². The van der Waals surface area contributed by atoms with Gasteiger partial charge in [-0.1, -0.05) is 85.9 Å². The van der Waals surface area contributed by atoms with Crippen LogP contribution in [0.3, 0.4) is 0 Å². The summed E-state index contributed by atoms with van der Waals surface area (Å²) in [4.78, 5) is 15.1. The molecule has 2 aromatic carbocycles. The molecule has 0 spiro atoms. The molecule has 0 aromatic heterocycles. The molecule has 2 atom stereocenters. The summed E-state index contributed by atoms with van der Waals surface area (Å²) < 4.78 is 0. The predicted molar refractivity (Wildman–Crippen MR) is 110 cm³/mol. The smallest absolute Gasteiger partial charge is 0.225 e. The molecule has 0 saturated carbocycles. The van der Waals surface area contributed by atoms with Crippen LogP contribution in [0, 0.1) is 5.92 Å². The highest BCUT2D eigenvalue weighted by molar-refractivity contribution is 6.91. The minimum atomic E-state index is -1.89. The molecule has 0 aliphatic carbocycles. The molecule has 0 saturated heterocycles. The second-order valence-corrected chi connectivity index (χ2v) is 11.9. The van der Waals surface area contributed by atoms with Gasteiger partial charge in [0.2, 0.25) is 5.91 Å². The summed E-state index contributed by atoms with van der Waals surface area (Å²) in [6, 6.07) is 21.4. The lowest BCUT2D eigenvalue weighted by molar-refractivity contribution is -0.134. The minimum absolute atomic E-state index is 0.0239. The number of nitrogens with zero attached hydrogens (tertiary/aromatic N) is 1. The fourth-order valence-corrected chi connectivity index (χ4v) is 7.83. The third-order valence-corrected chi connectivity index (χ3v) is 9.63. The molecule has 25 heavy (non-hydrogen) atoms. The molecule has 0 bridgehead atoms. The zero-order valence-electron chi connectivity index (χ0n) is 16.2. The fraction of sp³-hybridized carbons (Fsp3) is 0.409. The van der Waals surface area contributed by atoms with Crippen molar-refractivity contribution in [2.75, 3.05) is 13.1 Å². The van der Waals surface area contributed by atoms with Gasteiger partial charge in [0.25, 0.3) is 0 Å². The first-order chi connectivity index (χ1) is 11.9. The number of amides is 1. The topological polar surface area (TPSA) is 20.3 Å². The van der Waals surface area contributed by atoms with Crippen molar-refractivity contribution in [2.45, 2.75) is 39.4 Å². The maximum absolute atomic E-state index is 13.1. The fourth-order valence-electron chi connectivity index (χ4n) is 4.00. The number of rotatable bonds is 7. The Hall–Kier alpha value is -1.87. The second-order valence-electron chi connectivity index (χ2n) is 7.28. The average molecular weight is 354 g/mol. The maximum atomic E-state index is 13.1. The van der Waals surface area contributed by atoms with Gasteiger partial charge in [0, 0.05) is 19.0 Å². The van der Waals surface area contributed by atoms with E-state index in [-0.39, 0.29) is 17.4 Å². The van der Waals surface area contributed by atoms with Crippen LogP contribution in [0.4, 0.5) is 0 Å². The number of hydrogen-bond acceptors (Lipinski definition) is 1. The van der Waals surface area contributed by atoms with Crippen LogP contribution in [0.5, 0.6) is 0 Å². The van der Waals surface area contributed by atoms with Crippen LogP contribution >= 0.6 is 0 Å². The Bertz CT molecular complexity index is 665. The molecule has 3 heteroatoms. The molecule has 2 aromatic rings. The van der Waals surface area contributed by atoms with E-state index in [0.29, 0.717) is 0 Å². The number of benzene rings is 2. The molecule has 0 aliphatic heterocycles. The first-order valence-electron chi connectivity index (χ1n) is 9.32. The van der Waals surface area contributed by atoms with Gasteiger partial charge < -0.3 is 4.90 Å². The lowest BCUT2D eigenvalue weighted by Crippen LogP contribution is -2.52. The summed E-state index contributed by atoms with van der Waals surface area (Å²) in [7, 11) is -1.89. The van der Waals surface area contributed by atoms with Crippen LogP contribution in [0.1, 0.15) is 31.9 Å². The molecule has 0 N–H and O–H groups in total. The van der Waals surface area contributed by atoms with Crippen molar-refractivity contribution in [3.05, 3.63) is 66.2 Å². The third-order valence-electron chi connectivity index (χ3n) is 5.42. The summed E-state index contributed by atoms with van der Waals surface area (Å²) in [5.41, 5.74) is 1.54. The summed E-state index contributed by atoms with van der Waals surface area (Å²) in [6.45, 7) is 12.6. The van der Waals surface area contributed by atoms with Crippen molar-refractivity contribution in [3.63, 3.8) is 0 Å². The van der Waals surface area contributed by atoms with Crippen LogP contribution in [0.2, 0.25) is 13.1 Å². The van der Waals surface area contributed by atoms with Crippen molar-refractivity contribution in [1.82, 2.24) is 4.90 Å². The molecule has 0 aliphatic rings. The van der Waals surface area contributed by atoms with Crippen molar-refractivity contribution >= 4 is 19.2 Å². The van der Waals surface area contributed by atoms with Gasteiger partial charge in [0.05, 0.1) is 8.07 Å². The van der Waals surface area contributed by atoms with Crippen LogP contribution in [-0.4, -0.2) is 32.0 Å². The summed E-state index contributed by atoms with van der Waals surface area (Å²) in [5.74, 6) is 0.250. The molecule has 0 unspecified atom stereocenters. The summed E-state index contributed by atoms with van der Waals surface area (Å²) in [5, 5.41) is 1.41. The Morgan fingerprint density at radius 1 is 0.920 bits per heavy atom. The number of carbonyl (C=O) groups excluding carboxylic acids is 1. The van der Waals surface area contributed by atoms with Gasteiger partial charge in [-0.05, 0) is 25.0 Å². The highest BCUT2D eigenvalue weighted by atomic mass is 28.3. The highest BCUT2D eigenvalue weighted by Crippen LogP contribution is 2.35. The van der Waals surface area contributed by atoms with Gasteiger partial charge in [-0.25, -0.2) is 0 Å². The normalized spacial score (nSPS) is 14.0. The van der Waals surface area contributed by atoms with Gasteiger partial charge in [0.1, 0.15) is 0 Å². The Kier molecular flexibility index (Phi) is 6.60. The van der Waals surface area contributed by atoms with E-state index in [4.69, 9.17) is 0 Å². The van der Waals surface area contributed by atoms with Crippen molar-refractivity contribution in [1.29, 1.82) is 0 Å². The predicted octanol–water partition coefficient (Wildman–Crippen LogP) is 4.43. The van der Waals surface area contributed by atoms with Gasteiger partial charge in [-0.3, -0.25) is 4.79 Å². The molecular formula is C22H31NOSi. The average Bonchev–Trinajstić information content (AvgIpc) is 2.64. The first kappa shape index (κ1) is 19.5. The Labute approximate surface area is 153 Å². The van der Waals surface area contributed by atoms with E-state index in [0.717, 1.165) is 13.1 Å². The van der Waals surface area contributed by atoms with Gasteiger partial charge in [-0.2, -0.15) is 0 Å². The van der Waals surface area contributed by atoms with Crippen LogP contribution in [-0.2, 0) is 4.79 Å². The Morgan fingerprint density at radius 3 is 1.88 bits per heavy atom. The van der Waals surface area contributed by atoms with Crippen LogP contribution in [0.25, 0.3) is 0 Å². The van der Waals surface area contributed by atoms with Crippen LogP contribution < -0.4 is 5.19 Å². The van der Waals surface area contributed by atoms with E-state index in [9.17, 15) is 4.79 Å². The lowest BCUT2D eigenvalue weighted by atomic mass is 9.98. The highest BCUT2D eigenvalue weighted by Gasteiger charge is 2.41. The quantitative estimate of drug-likeness (QED) is 0.674. The number of hydrogen-bond donors (Lipinski definition) is 0. The maximum Gasteiger partial charge on any atom is 0.225 e. The van der Waals surface area contributed by atoms with E-state index in [1.807, 2.05) is 4.90 Å². The number of carbonyl (C=O) groups is 1. The zero-order valence-corrected chi connectivity index (χ0v) is 17.2. The standard InChI is InChI=1S/C22H31NOSi/c1-6-23(7-2)22(24)18(3)21(19-14-10-8-11-15-19)25(4,5)20-16-12-9-13-17-20/h8-18,21H,6-7H2,1-5H3/t18-,21+/m0/s1. The van der Waals surface area contributed by atoms with Crippen molar-refractivity contribution in [3.8, 4) is 0 Å². The van der Waals surface area contributed by atoms with E-state index < -0.39 is 8.07 Å². The SMILES string of the molecule is CCN(CC)C(=O)[C@@H](C)[C@H](c1ccccc1)[Si](C)(C)c1ccccc1. The first-order valence-corrected chi connectivity index (χ1v) is 12.4. The van der Waals surface area contributed by atoms with Crippen molar-refractivity contribution in [2.24, 2.45) is 5.92 Å². The molecular weight excluding hydrogens is 322 g/mol. The monoisotopic (exact) mass is 353 g/mol. The van der Waals surface area contributed by atoms with Crippen LogP contribution in [0.15, 0.2) is 60.7 Å². The molecule has 0 radical (unpaired) electrons. The van der Waals surface area contributed by atoms with Gasteiger partial charge in [0.15, 0.2) is 0 Å². The van der Waals surface area contributed by atoms with E-state index in [2.05, 4.69) is 94.5 Å². The second kappa shape index (κ2) is 8.48. The van der Waals surface area contributed by atoms with Gasteiger partial charge >= 0.3 is 0 Å². The largest absolute Gasteiger partial charge is 0.343 e. The van der Waals surface area contributed by atoms with E-state index >= 15 is 0 Å². The zero-order chi connectivity index (χ0) is 18.4. The van der Waals surface area contributed by atoms with Gasteiger partial charge in [-0.15, -0.1) is 0 Å². The summed E-state index contributed by atoms with van der Waals surface area (Å²) in [6.07, 6.45) is 0. The molecule has 2 rings (SSSR count).